The molecule has 0 radical (unpaired) electrons. The number of nitrogens with one attached hydrogen (secondary N) is 1. The van der Waals surface area contributed by atoms with Crippen molar-refractivity contribution >= 4 is 34.6 Å². The molecule has 0 saturated heterocycles. The molecule has 0 saturated carbocycles. The molecule has 6 nitrogen and oxygen atoms in total. The fraction of sp³-hybridized carbons (Fsp3) is 0. The summed E-state index contributed by atoms with van der Waals surface area (Å²) in [4.78, 5) is 21.2. The zero-order valence-electron chi connectivity index (χ0n) is 10.3. The molecule has 0 aliphatic heterocycles. The molecule has 8 heteroatoms. The van der Waals surface area contributed by atoms with Crippen molar-refractivity contribution in [1.82, 2.24) is 0 Å². The van der Waals surface area contributed by atoms with Crippen LogP contribution in [0.5, 0.6) is 0 Å². The number of benzene rings is 2. The van der Waals surface area contributed by atoms with E-state index in [2.05, 4.69) is 5.32 Å². The Morgan fingerprint density at radius 1 is 1.29 bits per heavy atom. The molecule has 2 aromatic rings. The molecule has 0 aliphatic rings. The van der Waals surface area contributed by atoms with Gasteiger partial charge < -0.3 is 10.4 Å². The van der Waals surface area contributed by atoms with Gasteiger partial charge in [-0.25, -0.2) is 9.18 Å². The summed E-state index contributed by atoms with van der Waals surface area (Å²) >= 11 is 5.62. The molecule has 2 aromatic carbocycles. The van der Waals surface area contributed by atoms with E-state index in [0.717, 1.165) is 18.2 Å². The van der Waals surface area contributed by atoms with Crippen LogP contribution in [0.15, 0.2) is 36.4 Å². The number of hydrogen-bond donors (Lipinski definition) is 2. The van der Waals surface area contributed by atoms with E-state index in [-0.39, 0.29) is 27.6 Å². The van der Waals surface area contributed by atoms with Crippen LogP contribution >= 0.6 is 11.6 Å². The lowest BCUT2D eigenvalue weighted by Gasteiger charge is -2.09. The van der Waals surface area contributed by atoms with E-state index in [1.807, 2.05) is 0 Å². The van der Waals surface area contributed by atoms with Gasteiger partial charge in [-0.2, -0.15) is 0 Å². The first-order chi connectivity index (χ1) is 9.90. The van der Waals surface area contributed by atoms with Crippen LogP contribution in [0.2, 0.25) is 5.02 Å². The predicted molar refractivity (Wildman–Crippen MR) is 74.7 cm³/mol. The molecule has 0 aliphatic carbocycles. The lowest BCUT2D eigenvalue weighted by Crippen LogP contribution is -2.02. The van der Waals surface area contributed by atoms with Gasteiger partial charge in [0.1, 0.15) is 5.69 Å². The first-order valence-corrected chi connectivity index (χ1v) is 6.00. The summed E-state index contributed by atoms with van der Waals surface area (Å²) in [5.41, 5.74) is -0.765. The normalized spacial score (nSPS) is 10.2. The Hall–Kier alpha value is -2.67. The monoisotopic (exact) mass is 310 g/mol. The van der Waals surface area contributed by atoms with Gasteiger partial charge in [0, 0.05) is 6.07 Å². The van der Waals surface area contributed by atoms with Crippen LogP contribution < -0.4 is 5.32 Å². The summed E-state index contributed by atoms with van der Waals surface area (Å²) in [5, 5.41) is 22.2. The summed E-state index contributed by atoms with van der Waals surface area (Å²) < 4.78 is 13.8. The van der Waals surface area contributed by atoms with Crippen LogP contribution in [0.25, 0.3) is 0 Å². The van der Waals surface area contributed by atoms with E-state index in [1.165, 1.54) is 18.2 Å². The van der Waals surface area contributed by atoms with E-state index in [9.17, 15) is 19.3 Å². The topological polar surface area (TPSA) is 92.5 Å². The maximum atomic E-state index is 13.8. The van der Waals surface area contributed by atoms with E-state index in [0.29, 0.717) is 0 Å². The van der Waals surface area contributed by atoms with E-state index >= 15 is 0 Å². The minimum absolute atomic E-state index is 0.0897. The van der Waals surface area contributed by atoms with Crippen molar-refractivity contribution in [3.05, 3.63) is 62.9 Å². The number of carboxylic acids is 1. The van der Waals surface area contributed by atoms with Gasteiger partial charge in [-0.15, -0.1) is 0 Å². The fourth-order valence-electron chi connectivity index (χ4n) is 1.67. The van der Waals surface area contributed by atoms with Gasteiger partial charge in [0.25, 0.3) is 5.69 Å². The van der Waals surface area contributed by atoms with Crippen molar-refractivity contribution in [2.45, 2.75) is 0 Å². The van der Waals surface area contributed by atoms with E-state index < -0.39 is 16.7 Å². The zero-order valence-corrected chi connectivity index (χ0v) is 11.1. The number of nitro benzene ring substituents is 1. The van der Waals surface area contributed by atoms with Crippen LogP contribution in [0.1, 0.15) is 10.4 Å². The number of nitrogens with zero attached hydrogens (tertiary/aromatic N) is 1. The van der Waals surface area contributed by atoms with Crippen LogP contribution in [0, 0.1) is 15.9 Å². The highest BCUT2D eigenvalue weighted by atomic mass is 35.5. The third kappa shape index (κ3) is 3.09. The van der Waals surface area contributed by atoms with E-state index in [4.69, 9.17) is 16.7 Å². The molecular formula is C13H8ClFN2O4. The highest BCUT2D eigenvalue weighted by molar-refractivity contribution is 6.31. The van der Waals surface area contributed by atoms with Crippen molar-refractivity contribution in [2.75, 3.05) is 5.32 Å². The SMILES string of the molecule is O=C(O)c1ccc([N+](=O)[O-])c(Nc2cccc(Cl)c2F)c1. The first kappa shape index (κ1) is 14.7. The number of nitro groups is 1. The molecule has 0 fully saturated rings. The van der Waals surface area contributed by atoms with Crippen molar-refractivity contribution < 1.29 is 19.2 Å². The lowest BCUT2D eigenvalue weighted by molar-refractivity contribution is -0.383. The second kappa shape index (κ2) is 5.76. The standard InChI is InChI=1S/C13H8ClFN2O4/c14-8-2-1-3-9(12(8)15)16-10-6-7(13(18)19)4-5-11(10)17(20)21/h1-6,16H,(H,18,19). The van der Waals surface area contributed by atoms with Crippen LogP contribution in [0.3, 0.4) is 0 Å². The molecule has 2 rings (SSSR count). The second-order valence-electron chi connectivity index (χ2n) is 4.02. The van der Waals surface area contributed by atoms with Gasteiger partial charge >= 0.3 is 5.97 Å². The van der Waals surface area contributed by atoms with Crippen LogP contribution in [-0.2, 0) is 0 Å². The highest BCUT2D eigenvalue weighted by Gasteiger charge is 2.18. The van der Waals surface area contributed by atoms with Crippen molar-refractivity contribution in [1.29, 1.82) is 0 Å². The van der Waals surface area contributed by atoms with Gasteiger partial charge in [-0.05, 0) is 24.3 Å². The molecule has 21 heavy (non-hydrogen) atoms. The fourth-order valence-corrected chi connectivity index (χ4v) is 1.85. The Balaban J connectivity index is 2.51. The van der Waals surface area contributed by atoms with Gasteiger partial charge in [-0.1, -0.05) is 17.7 Å². The van der Waals surface area contributed by atoms with Crippen molar-refractivity contribution in [2.24, 2.45) is 0 Å². The minimum atomic E-state index is -1.25. The summed E-state index contributed by atoms with van der Waals surface area (Å²) in [5.74, 6) is -2.03. The van der Waals surface area contributed by atoms with E-state index in [1.54, 1.807) is 0 Å². The molecule has 0 spiro atoms. The highest BCUT2D eigenvalue weighted by Crippen LogP contribution is 2.31. The number of carbonyl (C=O) groups is 1. The summed E-state index contributed by atoms with van der Waals surface area (Å²) in [7, 11) is 0. The van der Waals surface area contributed by atoms with Gasteiger partial charge in [0.05, 0.1) is 21.2 Å². The molecule has 2 N–H and O–H groups in total. The molecule has 108 valence electrons. The van der Waals surface area contributed by atoms with Gasteiger partial charge in [0.15, 0.2) is 5.82 Å². The second-order valence-corrected chi connectivity index (χ2v) is 4.43. The summed E-state index contributed by atoms with van der Waals surface area (Å²) in [6.45, 7) is 0. The molecule has 0 bridgehead atoms. The third-order valence-electron chi connectivity index (χ3n) is 2.66. The Kier molecular flexibility index (Phi) is 4.04. The van der Waals surface area contributed by atoms with Gasteiger partial charge in [-0.3, -0.25) is 10.1 Å². The molecule has 0 unspecified atom stereocenters. The number of carboxylic acid groups (broad SMARTS) is 1. The number of rotatable bonds is 4. The Morgan fingerprint density at radius 3 is 2.62 bits per heavy atom. The number of anilines is 2. The average molecular weight is 311 g/mol. The van der Waals surface area contributed by atoms with Crippen LogP contribution in [-0.4, -0.2) is 16.0 Å². The molecular weight excluding hydrogens is 303 g/mol. The molecule has 0 heterocycles. The van der Waals surface area contributed by atoms with Gasteiger partial charge in [0.2, 0.25) is 0 Å². The number of hydrogen-bond acceptors (Lipinski definition) is 4. The first-order valence-electron chi connectivity index (χ1n) is 5.63. The quantitative estimate of drug-likeness (QED) is 0.661. The summed E-state index contributed by atoms with van der Waals surface area (Å²) in [6.07, 6.45) is 0. The molecule has 0 amide bonds. The summed E-state index contributed by atoms with van der Waals surface area (Å²) in [6, 6.07) is 7.30. The molecule has 0 aromatic heterocycles. The zero-order chi connectivity index (χ0) is 15.6. The lowest BCUT2D eigenvalue weighted by atomic mass is 10.1. The number of aromatic carboxylic acids is 1. The smallest absolute Gasteiger partial charge is 0.335 e. The predicted octanol–water partition coefficient (Wildman–Crippen LogP) is 3.83. The Bertz CT molecular complexity index is 736. The maximum absolute atomic E-state index is 13.8. The maximum Gasteiger partial charge on any atom is 0.335 e. The van der Waals surface area contributed by atoms with Crippen molar-refractivity contribution in [3.63, 3.8) is 0 Å². The third-order valence-corrected chi connectivity index (χ3v) is 2.95. The van der Waals surface area contributed by atoms with Crippen molar-refractivity contribution in [3.8, 4) is 0 Å². The molecule has 0 atom stereocenters. The minimum Gasteiger partial charge on any atom is -0.478 e. The Morgan fingerprint density at radius 2 is 2.00 bits per heavy atom. The Labute approximate surface area is 122 Å². The largest absolute Gasteiger partial charge is 0.478 e. The van der Waals surface area contributed by atoms with Crippen LogP contribution in [0.4, 0.5) is 21.5 Å². The number of halogens is 2. The average Bonchev–Trinajstić information content (AvgIpc) is 2.43.